The molecule has 0 amide bonds. The Balaban J connectivity index is 1.91. The maximum Gasteiger partial charge on any atom is 0.0942 e. The zero-order valence-corrected chi connectivity index (χ0v) is 13.0. The molecule has 1 aromatic rings. The Hall–Kier alpha value is -0.900. The predicted octanol–water partition coefficient (Wildman–Crippen LogP) is 2.44. The third-order valence-electron chi connectivity index (χ3n) is 4.40. The number of nitrogens with zero attached hydrogens (tertiary/aromatic N) is 2. The van der Waals surface area contributed by atoms with Crippen LogP contribution in [0, 0.1) is 6.92 Å². The third kappa shape index (κ3) is 3.81. The quantitative estimate of drug-likeness (QED) is 0.895. The number of piperazine rings is 1. The fraction of sp³-hybridized carbons (Fsp3) is 0.647. The molecule has 0 aromatic heterocycles. The van der Waals surface area contributed by atoms with Crippen molar-refractivity contribution in [1.82, 2.24) is 9.80 Å². The molecule has 0 aliphatic carbocycles. The van der Waals surface area contributed by atoms with Crippen molar-refractivity contribution in [2.24, 2.45) is 0 Å². The van der Waals surface area contributed by atoms with E-state index >= 15 is 0 Å². The van der Waals surface area contributed by atoms with Crippen LogP contribution in [-0.2, 0) is 0 Å². The molecule has 20 heavy (non-hydrogen) atoms. The molecule has 1 aromatic carbocycles. The van der Waals surface area contributed by atoms with Gasteiger partial charge >= 0.3 is 0 Å². The minimum absolute atomic E-state index is 0.182. The first-order valence-electron chi connectivity index (χ1n) is 7.83. The first-order chi connectivity index (χ1) is 9.61. The lowest BCUT2D eigenvalue weighted by Crippen LogP contribution is -2.51. The smallest absolute Gasteiger partial charge is 0.0942 e. The molecule has 3 heteroatoms. The maximum absolute atomic E-state index is 10.5. The minimum Gasteiger partial charge on any atom is -0.387 e. The summed E-state index contributed by atoms with van der Waals surface area (Å²) in [5.41, 5.74) is 2.26. The van der Waals surface area contributed by atoms with Gasteiger partial charge < -0.3 is 10.0 Å². The zero-order chi connectivity index (χ0) is 14.5. The summed E-state index contributed by atoms with van der Waals surface area (Å²) >= 11 is 0. The molecule has 1 fully saturated rings. The summed E-state index contributed by atoms with van der Waals surface area (Å²) in [6, 6.07) is 8.42. The molecular weight excluding hydrogens is 248 g/mol. The predicted molar refractivity (Wildman–Crippen MR) is 83.9 cm³/mol. The van der Waals surface area contributed by atoms with Gasteiger partial charge in [-0.1, -0.05) is 36.8 Å². The van der Waals surface area contributed by atoms with Crippen molar-refractivity contribution in [3.05, 3.63) is 35.4 Å². The highest BCUT2D eigenvalue weighted by Crippen LogP contribution is 2.22. The Labute approximate surface area is 123 Å². The van der Waals surface area contributed by atoms with Crippen LogP contribution in [0.4, 0.5) is 0 Å². The van der Waals surface area contributed by atoms with Gasteiger partial charge in [0.05, 0.1) is 6.10 Å². The highest BCUT2D eigenvalue weighted by molar-refractivity contribution is 5.24. The standard InChI is InChI=1S/C17H28N2O/c1-4-9-18-10-12-19(13-11-18)15(3)17(20)16-7-5-14(2)6-8-16/h5-8,15,17,20H,4,9-13H2,1-3H3. The van der Waals surface area contributed by atoms with Gasteiger partial charge in [-0.3, -0.25) is 4.90 Å². The Morgan fingerprint density at radius 1 is 1.10 bits per heavy atom. The van der Waals surface area contributed by atoms with Crippen LogP contribution < -0.4 is 0 Å². The van der Waals surface area contributed by atoms with Crippen LogP contribution >= 0.6 is 0 Å². The molecule has 2 atom stereocenters. The van der Waals surface area contributed by atoms with Gasteiger partial charge in [0.25, 0.3) is 0 Å². The van der Waals surface area contributed by atoms with Crippen LogP contribution in [0.3, 0.4) is 0 Å². The fourth-order valence-corrected chi connectivity index (χ4v) is 2.95. The maximum atomic E-state index is 10.5. The van der Waals surface area contributed by atoms with E-state index in [9.17, 15) is 5.11 Å². The van der Waals surface area contributed by atoms with Crippen LogP contribution in [0.1, 0.15) is 37.5 Å². The summed E-state index contributed by atoms with van der Waals surface area (Å²) in [5, 5.41) is 10.5. The van der Waals surface area contributed by atoms with E-state index < -0.39 is 6.10 Å². The Morgan fingerprint density at radius 2 is 1.70 bits per heavy atom. The van der Waals surface area contributed by atoms with E-state index in [1.807, 2.05) is 12.1 Å². The van der Waals surface area contributed by atoms with Gasteiger partial charge in [-0.25, -0.2) is 0 Å². The molecular formula is C17H28N2O. The fourth-order valence-electron chi connectivity index (χ4n) is 2.95. The van der Waals surface area contributed by atoms with Crippen molar-refractivity contribution in [3.63, 3.8) is 0 Å². The summed E-state index contributed by atoms with van der Waals surface area (Å²) in [6.07, 6.45) is 0.829. The Kier molecular flexibility index (Phi) is 5.58. The highest BCUT2D eigenvalue weighted by Gasteiger charge is 2.26. The molecule has 0 bridgehead atoms. The van der Waals surface area contributed by atoms with E-state index in [1.165, 1.54) is 18.5 Å². The first kappa shape index (κ1) is 15.5. The normalized spacial score (nSPS) is 20.8. The lowest BCUT2D eigenvalue weighted by Gasteiger charge is -2.39. The summed E-state index contributed by atoms with van der Waals surface area (Å²) < 4.78 is 0. The second-order valence-corrected chi connectivity index (χ2v) is 5.97. The number of hydrogen-bond acceptors (Lipinski definition) is 3. The molecule has 3 nitrogen and oxygen atoms in total. The van der Waals surface area contributed by atoms with E-state index in [0.29, 0.717) is 0 Å². The Bertz CT molecular complexity index is 396. The van der Waals surface area contributed by atoms with Crippen molar-refractivity contribution in [2.75, 3.05) is 32.7 Å². The van der Waals surface area contributed by atoms with Gasteiger partial charge in [-0.2, -0.15) is 0 Å². The van der Waals surface area contributed by atoms with Crippen LogP contribution in [-0.4, -0.2) is 53.7 Å². The molecule has 1 heterocycles. The summed E-state index contributed by atoms with van der Waals surface area (Å²) in [7, 11) is 0. The monoisotopic (exact) mass is 276 g/mol. The van der Waals surface area contributed by atoms with Crippen molar-refractivity contribution >= 4 is 0 Å². The van der Waals surface area contributed by atoms with E-state index in [2.05, 4.69) is 42.7 Å². The second kappa shape index (κ2) is 7.21. The molecule has 1 aliphatic heterocycles. The lowest BCUT2D eigenvalue weighted by molar-refractivity contribution is 0.0263. The SMILES string of the molecule is CCCN1CCN(C(C)C(O)c2ccc(C)cc2)CC1. The second-order valence-electron chi connectivity index (χ2n) is 5.97. The van der Waals surface area contributed by atoms with Gasteiger partial charge in [0, 0.05) is 32.2 Å². The molecule has 0 spiro atoms. The van der Waals surface area contributed by atoms with E-state index in [1.54, 1.807) is 0 Å². The lowest BCUT2D eigenvalue weighted by atomic mass is 10.0. The number of benzene rings is 1. The largest absolute Gasteiger partial charge is 0.387 e. The molecule has 2 rings (SSSR count). The van der Waals surface area contributed by atoms with Crippen LogP contribution in [0.2, 0.25) is 0 Å². The van der Waals surface area contributed by atoms with Gasteiger partial charge in [-0.15, -0.1) is 0 Å². The van der Waals surface area contributed by atoms with Crippen LogP contribution in [0.5, 0.6) is 0 Å². The van der Waals surface area contributed by atoms with Gasteiger partial charge in [-0.05, 0) is 32.4 Å². The van der Waals surface area contributed by atoms with Crippen molar-refractivity contribution in [1.29, 1.82) is 0 Å². The number of aliphatic hydroxyl groups is 1. The Morgan fingerprint density at radius 3 is 2.25 bits per heavy atom. The number of rotatable bonds is 5. The molecule has 1 aliphatic rings. The zero-order valence-electron chi connectivity index (χ0n) is 13.0. The average molecular weight is 276 g/mol. The number of hydrogen-bond donors (Lipinski definition) is 1. The topological polar surface area (TPSA) is 26.7 Å². The van der Waals surface area contributed by atoms with Gasteiger partial charge in [0.1, 0.15) is 0 Å². The van der Waals surface area contributed by atoms with Gasteiger partial charge in [0.2, 0.25) is 0 Å². The first-order valence-corrected chi connectivity index (χ1v) is 7.83. The van der Waals surface area contributed by atoms with Crippen molar-refractivity contribution in [2.45, 2.75) is 39.3 Å². The summed E-state index contributed by atoms with van der Waals surface area (Å²) in [5.74, 6) is 0. The van der Waals surface area contributed by atoms with Gasteiger partial charge in [0.15, 0.2) is 0 Å². The summed E-state index contributed by atoms with van der Waals surface area (Å²) in [6.45, 7) is 12.0. The van der Waals surface area contributed by atoms with E-state index in [4.69, 9.17) is 0 Å². The number of aryl methyl sites for hydroxylation is 1. The van der Waals surface area contributed by atoms with Crippen molar-refractivity contribution < 1.29 is 5.11 Å². The van der Waals surface area contributed by atoms with Crippen LogP contribution in [0.25, 0.3) is 0 Å². The third-order valence-corrected chi connectivity index (χ3v) is 4.40. The molecule has 2 unspecified atom stereocenters. The molecule has 0 radical (unpaired) electrons. The molecule has 1 N–H and O–H groups in total. The van der Waals surface area contributed by atoms with Crippen molar-refractivity contribution in [3.8, 4) is 0 Å². The minimum atomic E-state index is -0.395. The van der Waals surface area contributed by atoms with E-state index in [0.717, 1.165) is 31.7 Å². The number of aliphatic hydroxyl groups excluding tert-OH is 1. The molecule has 112 valence electrons. The van der Waals surface area contributed by atoms with Crippen LogP contribution in [0.15, 0.2) is 24.3 Å². The molecule has 1 saturated heterocycles. The summed E-state index contributed by atoms with van der Waals surface area (Å²) in [4.78, 5) is 4.93. The molecule has 0 saturated carbocycles. The van der Waals surface area contributed by atoms with E-state index in [-0.39, 0.29) is 6.04 Å². The average Bonchev–Trinajstić information content (AvgIpc) is 2.48. The highest BCUT2D eigenvalue weighted by atomic mass is 16.3.